The van der Waals surface area contributed by atoms with Crippen molar-refractivity contribution in [3.63, 3.8) is 0 Å². The molecule has 1 heterocycles. The summed E-state index contributed by atoms with van der Waals surface area (Å²) in [5, 5.41) is 4.22. The van der Waals surface area contributed by atoms with Crippen molar-refractivity contribution in [3.8, 4) is 0 Å². The zero-order chi connectivity index (χ0) is 8.55. The normalized spacial score (nSPS) is 27.5. The fraction of sp³-hybridized carbons (Fsp3) is 0.625. The first-order chi connectivity index (χ1) is 5.81. The molecule has 0 aliphatic heterocycles. The Morgan fingerprint density at radius 3 is 3.25 bits per heavy atom. The van der Waals surface area contributed by atoms with E-state index in [0.29, 0.717) is 12.0 Å². The molecule has 0 unspecified atom stereocenters. The summed E-state index contributed by atoms with van der Waals surface area (Å²) in [4.78, 5) is 0. The van der Waals surface area contributed by atoms with Crippen LogP contribution in [0, 0.1) is 5.92 Å². The Balaban J connectivity index is 1.96. The molecule has 12 heavy (non-hydrogen) atoms. The van der Waals surface area contributed by atoms with Crippen molar-refractivity contribution in [2.24, 2.45) is 5.92 Å². The van der Waals surface area contributed by atoms with Crippen LogP contribution in [0.2, 0.25) is 0 Å². The molecule has 0 N–H and O–H groups in total. The van der Waals surface area contributed by atoms with Crippen molar-refractivity contribution in [1.82, 2.24) is 9.78 Å². The van der Waals surface area contributed by atoms with E-state index in [2.05, 4.69) is 21.0 Å². The molecular weight excluding hydrogens is 220 g/mol. The van der Waals surface area contributed by atoms with Gasteiger partial charge in [-0.25, -0.2) is 0 Å². The van der Waals surface area contributed by atoms with Gasteiger partial charge in [0.1, 0.15) is 0 Å². The third-order valence-electron chi connectivity index (χ3n) is 2.18. The van der Waals surface area contributed by atoms with Crippen molar-refractivity contribution >= 4 is 15.9 Å². The van der Waals surface area contributed by atoms with Crippen LogP contribution in [-0.4, -0.2) is 23.5 Å². The minimum atomic E-state index is 0.566. The largest absolute Gasteiger partial charge is 0.384 e. The van der Waals surface area contributed by atoms with Crippen molar-refractivity contribution in [2.45, 2.75) is 12.5 Å². The zero-order valence-corrected chi connectivity index (χ0v) is 8.49. The Kier molecular flexibility index (Phi) is 2.19. The highest BCUT2D eigenvalue weighted by atomic mass is 79.9. The van der Waals surface area contributed by atoms with Crippen molar-refractivity contribution in [1.29, 1.82) is 0 Å². The molecule has 0 saturated heterocycles. The van der Waals surface area contributed by atoms with Crippen LogP contribution >= 0.6 is 15.9 Å². The standard InChI is InChI=1S/C8H11BrN2O/c1-12-5-6-2-8(6)11-4-7(9)3-10-11/h3-4,6,8H,2,5H2,1H3/t6-,8+/m1/s1. The number of hydrogen-bond donors (Lipinski definition) is 0. The fourth-order valence-electron chi connectivity index (χ4n) is 1.45. The van der Waals surface area contributed by atoms with Crippen molar-refractivity contribution in [3.05, 3.63) is 16.9 Å². The van der Waals surface area contributed by atoms with E-state index in [-0.39, 0.29) is 0 Å². The smallest absolute Gasteiger partial charge is 0.0632 e. The maximum absolute atomic E-state index is 5.07. The molecule has 0 spiro atoms. The predicted molar refractivity (Wildman–Crippen MR) is 48.9 cm³/mol. The van der Waals surface area contributed by atoms with Gasteiger partial charge in [-0.15, -0.1) is 0 Å². The Morgan fingerprint density at radius 2 is 2.67 bits per heavy atom. The summed E-state index contributed by atoms with van der Waals surface area (Å²) in [6.45, 7) is 0.849. The van der Waals surface area contributed by atoms with E-state index in [1.165, 1.54) is 6.42 Å². The van der Waals surface area contributed by atoms with E-state index < -0.39 is 0 Å². The molecule has 1 aliphatic rings. The van der Waals surface area contributed by atoms with Gasteiger partial charge in [0.05, 0.1) is 23.3 Å². The van der Waals surface area contributed by atoms with Gasteiger partial charge in [-0.1, -0.05) is 0 Å². The Labute approximate surface area is 79.8 Å². The Bertz CT molecular complexity index is 274. The van der Waals surface area contributed by atoms with Gasteiger partial charge >= 0.3 is 0 Å². The molecule has 1 aromatic heterocycles. The molecule has 0 aromatic carbocycles. The molecule has 2 rings (SSSR count). The SMILES string of the molecule is COC[C@H]1C[C@@H]1n1cc(Br)cn1. The van der Waals surface area contributed by atoms with Crippen LogP contribution in [0.4, 0.5) is 0 Å². The van der Waals surface area contributed by atoms with E-state index in [1.807, 2.05) is 17.1 Å². The molecule has 0 bridgehead atoms. The average Bonchev–Trinajstić information content (AvgIpc) is 2.67. The lowest BCUT2D eigenvalue weighted by Gasteiger charge is -1.98. The molecular formula is C8H11BrN2O. The van der Waals surface area contributed by atoms with Crippen LogP contribution in [0.25, 0.3) is 0 Å². The van der Waals surface area contributed by atoms with E-state index in [0.717, 1.165) is 11.1 Å². The first-order valence-electron chi connectivity index (χ1n) is 4.00. The third-order valence-corrected chi connectivity index (χ3v) is 2.59. The molecule has 66 valence electrons. The molecule has 0 radical (unpaired) electrons. The van der Waals surface area contributed by atoms with Gasteiger partial charge < -0.3 is 4.74 Å². The molecule has 3 nitrogen and oxygen atoms in total. The molecule has 1 fully saturated rings. The summed E-state index contributed by atoms with van der Waals surface area (Å²) in [6, 6.07) is 0.566. The predicted octanol–water partition coefficient (Wildman–Crippen LogP) is 1.85. The van der Waals surface area contributed by atoms with Gasteiger partial charge in [-0.3, -0.25) is 4.68 Å². The summed E-state index contributed by atoms with van der Waals surface area (Å²) in [6.07, 6.45) is 5.03. The zero-order valence-electron chi connectivity index (χ0n) is 6.90. The molecule has 4 heteroatoms. The summed E-state index contributed by atoms with van der Waals surface area (Å²) in [7, 11) is 1.74. The fourth-order valence-corrected chi connectivity index (χ4v) is 1.75. The second-order valence-corrected chi connectivity index (χ2v) is 4.07. The van der Waals surface area contributed by atoms with Crippen LogP contribution in [0.15, 0.2) is 16.9 Å². The summed E-state index contributed by atoms with van der Waals surface area (Å²) < 4.78 is 8.13. The topological polar surface area (TPSA) is 27.1 Å². The molecule has 1 aliphatic carbocycles. The van der Waals surface area contributed by atoms with Crippen LogP contribution < -0.4 is 0 Å². The number of aromatic nitrogens is 2. The Hall–Kier alpha value is -0.350. The van der Waals surface area contributed by atoms with E-state index in [1.54, 1.807) is 7.11 Å². The van der Waals surface area contributed by atoms with Gasteiger partial charge in [-0.2, -0.15) is 5.10 Å². The summed E-state index contributed by atoms with van der Waals surface area (Å²) >= 11 is 3.37. The van der Waals surface area contributed by atoms with E-state index in [9.17, 15) is 0 Å². The quantitative estimate of drug-likeness (QED) is 0.793. The number of halogens is 1. The number of ether oxygens (including phenoxy) is 1. The lowest BCUT2D eigenvalue weighted by Crippen LogP contribution is -1.99. The summed E-state index contributed by atoms with van der Waals surface area (Å²) in [5.74, 6) is 0.668. The highest BCUT2D eigenvalue weighted by Gasteiger charge is 2.39. The molecule has 2 atom stereocenters. The van der Waals surface area contributed by atoms with E-state index >= 15 is 0 Å². The number of hydrogen-bond acceptors (Lipinski definition) is 2. The van der Waals surface area contributed by atoms with Crippen molar-refractivity contribution in [2.75, 3.05) is 13.7 Å². The van der Waals surface area contributed by atoms with Crippen LogP contribution in [0.5, 0.6) is 0 Å². The van der Waals surface area contributed by atoms with Crippen molar-refractivity contribution < 1.29 is 4.74 Å². The van der Waals surface area contributed by atoms with Gasteiger partial charge in [0.25, 0.3) is 0 Å². The highest BCUT2D eigenvalue weighted by Crippen LogP contribution is 2.42. The third kappa shape index (κ3) is 1.54. The summed E-state index contributed by atoms with van der Waals surface area (Å²) in [5.41, 5.74) is 0. The number of rotatable bonds is 3. The first kappa shape index (κ1) is 8.26. The van der Waals surface area contributed by atoms with Gasteiger partial charge in [0.15, 0.2) is 0 Å². The van der Waals surface area contributed by atoms with Crippen LogP contribution in [-0.2, 0) is 4.74 Å². The van der Waals surface area contributed by atoms with Gasteiger partial charge in [-0.05, 0) is 22.4 Å². The van der Waals surface area contributed by atoms with Crippen LogP contribution in [0.3, 0.4) is 0 Å². The maximum Gasteiger partial charge on any atom is 0.0632 e. The van der Waals surface area contributed by atoms with Gasteiger partial charge in [0.2, 0.25) is 0 Å². The number of nitrogens with zero attached hydrogens (tertiary/aromatic N) is 2. The second kappa shape index (κ2) is 3.18. The lowest BCUT2D eigenvalue weighted by molar-refractivity contribution is 0.180. The highest BCUT2D eigenvalue weighted by molar-refractivity contribution is 9.10. The Morgan fingerprint density at radius 1 is 1.83 bits per heavy atom. The van der Waals surface area contributed by atoms with Gasteiger partial charge in [0, 0.05) is 19.2 Å². The monoisotopic (exact) mass is 230 g/mol. The minimum absolute atomic E-state index is 0.566. The second-order valence-electron chi connectivity index (χ2n) is 3.16. The molecule has 1 saturated carbocycles. The molecule has 0 amide bonds. The maximum atomic E-state index is 5.07. The first-order valence-corrected chi connectivity index (χ1v) is 4.79. The number of methoxy groups -OCH3 is 1. The minimum Gasteiger partial charge on any atom is -0.384 e. The van der Waals surface area contributed by atoms with Crippen LogP contribution in [0.1, 0.15) is 12.5 Å². The lowest BCUT2D eigenvalue weighted by atomic mass is 10.4. The average molecular weight is 231 g/mol. The molecule has 1 aromatic rings. The van der Waals surface area contributed by atoms with E-state index in [4.69, 9.17) is 4.74 Å².